The molecule has 6 nitrogen and oxygen atoms in total. The van der Waals surface area contributed by atoms with Crippen molar-refractivity contribution in [1.82, 2.24) is 10.2 Å². The van der Waals surface area contributed by atoms with Gasteiger partial charge >= 0.3 is 0 Å². The lowest BCUT2D eigenvalue weighted by atomic mass is 10.1. The fourth-order valence-electron chi connectivity index (χ4n) is 1.60. The van der Waals surface area contributed by atoms with Crippen LogP contribution in [0.4, 0.5) is 0 Å². The molecular weight excluding hydrogens is 198 g/mol. The van der Waals surface area contributed by atoms with E-state index in [1.807, 2.05) is 0 Å². The quantitative estimate of drug-likeness (QED) is 0.442. The Kier molecular flexibility index (Phi) is 4.51. The zero-order chi connectivity index (χ0) is 11.3. The molecule has 15 heavy (non-hydrogen) atoms. The zero-order valence-corrected chi connectivity index (χ0v) is 8.61. The highest BCUT2D eigenvalue weighted by Crippen LogP contribution is 2.16. The van der Waals surface area contributed by atoms with Crippen molar-refractivity contribution in [2.24, 2.45) is 11.7 Å². The monoisotopic (exact) mass is 215 g/mol. The number of hydrogen-bond acceptors (Lipinski definition) is 4. The molecule has 1 heterocycles. The van der Waals surface area contributed by atoms with E-state index in [1.165, 1.54) is 0 Å². The summed E-state index contributed by atoms with van der Waals surface area (Å²) >= 11 is 0. The van der Waals surface area contributed by atoms with Crippen molar-refractivity contribution in [2.45, 2.75) is 6.42 Å². The third-order valence-corrected chi connectivity index (χ3v) is 2.46. The molecule has 0 bridgehead atoms. The number of hydrogen-bond donors (Lipinski definition) is 3. The number of nitrogens with one attached hydrogen (secondary N) is 1. The summed E-state index contributed by atoms with van der Waals surface area (Å²) in [6, 6.07) is 0. The number of rotatable bonds is 6. The Morgan fingerprint density at radius 1 is 1.60 bits per heavy atom. The van der Waals surface area contributed by atoms with E-state index in [2.05, 4.69) is 5.32 Å². The van der Waals surface area contributed by atoms with Crippen molar-refractivity contribution in [1.29, 1.82) is 0 Å². The average molecular weight is 215 g/mol. The molecule has 1 atom stereocenters. The standard InChI is InChI=1S/C9H17N3O3/c10-9(15)7-5-8(14)12(6-7)3-1-11-2-4-13/h7,11,13H,1-6H2,(H2,10,15). The summed E-state index contributed by atoms with van der Waals surface area (Å²) in [4.78, 5) is 23.9. The SMILES string of the molecule is NC(=O)C1CC(=O)N(CCNCCO)C1. The lowest BCUT2D eigenvalue weighted by Gasteiger charge is -2.15. The van der Waals surface area contributed by atoms with Crippen LogP contribution in [0.2, 0.25) is 0 Å². The first-order chi connectivity index (χ1) is 7.15. The van der Waals surface area contributed by atoms with E-state index in [4.69, 9.17) is 10.8 Å². The van der Waals surface area contributed by atoms with Gasteiger partial charge in [-0.3, -0.25) is 9.59 Å². The Labute approximate surface area is 88.4 Å². The summed E-state index contributed by atoms with van der Waals surface area (Å²) in [5, 5.41) is 11.5. The Balaban J connectivity index is 2.25. The predicted molar refractivity (Wildman–Crippen MR) is 53.8 cm³/mol. The van der Waals surface area contributed by atoms with Crippen molar-refractivity contribution >= 4 is 11.8 Å². The molecule has 1 fully saturated rings. The molecule has 0 aromatic rings. The van der Waals surface area contributed by atoms with Gasteiger partial charge < -0.3 is 21.1 Å². The van der Waals surface area contributed by atoms with Crippen LogP contribution in [0.15, 0.2) is 0 Å². The molecule has 0 aromatic carbocycles. The van der Waals surface area contributed by atoms with Crippen LogP contribution in [0.25, 0.3) is 0 Å². The maximum atomic E-state index is 11.4. The highest BCUT2D eigenvalue weighted by atomic mass is 16.3. The second-order valence-corrected chi connectivity index (χ2v) is 3.62. The molecule has 1 aliphatic rings. The van der Waals surface area contributed by atoms with Gasteiger partial charge in [0.25, 0.3) is 0 Å². The summed E-state index contributed by atoms with van der Waals surface area (Å²) in [6.45, 7) is 2.20. The van der Waals surface area contributed by atoms with Crippen LogP contribution >= 0.6 is 0 Å². The molecule has 1 aliphatic heterocycles. The number of aliphatic hydroxyl groups is 1. The first-order valence-corrected chi connectivity index (χ1v) is 5.04. The summed E-state index contributed by atoms with van der Waals surface area (Å²) in [5.41, 5.74) is 5.13. The van der Waals surface area contributed by atoms with Crippen LogP contribution in [0.5, 0.6) is 0 Å². The van der Waals surface area contributed by atoms with Crippen molar-refractivity contribution in [3.8, 4) is 0 Å². The van der Waals surface area contributed by atoms with Crippen molar-refractivity contribution in [3.63, 3.8) is 0 Å². The molecule has 0 saturated carbocycles. The van der Waals surface area contributed by atoms with Crippen LogP contribution in [-0.2, 0) is 9.59 Å². The first-order valence-electron chi connectivity index (χ1n) is 5.04. The lowest BCUT2D eigenvalue weighted by molar-refractivity contribution is -0.128. The van der Waals surface area contributed by atoms with Gasteiger partial charge in [0, 0.05) is 32.6 Å². The highest BCUT2D eigenvalue weighted by Gasteiger charge is 2.32. The van der Waals surface area contributed by atoms with Gasteiger partial charge in [0.2, 0.25) is 11.8 Å². The van der Waals surface area contributed by atoms with Crippen LogP contribution in [0.1, 0.15) is 6.42 Å². The topological polar surface area (TPSA) is 95.7 Å². The summed E-state index contributed by atoms with van der Waals surface area (Å²) in [6.07, 6.45) is 0.231. The number of nitrogens with two attached hydrogens (primary N) is 1. The van der Waals surface area contributed by atoms with Gasteiger partial charge in [0.05, 0.1) is 12.5 Å². The second kappa shape index (κ2) is 5.67. The second-order valence-electron chi connectivity index (χ2n) is 3.62. The zero-order valence-electron chi connectivity index (χ0n) is 8.61. The molecule has 0 radical (unpaired) electrons. The van der Waals surface area contributed by atoms with Crippen LogP contribution in [-0.4, -0.2) is 54.6 Å². The molecule has 0 spiro atoms. The Morgan fingerprint density at radius 2 is 2.33 bits per heavy atom. The van der Waals surface area contributed by atoms with Gasteiger partial charge in [-0.15, -0.1) is 0 Å². The summed E-state index contributed by atoms with van der Waals surface area (Å²) < 4.78 is 0. The van der Waals surface area contributed by atoms with Crippen LogP contribution < -0.4 is 11.1 Å². The van der Waals surface area contributed by atoms with E-state index >= 15 is 0 Å². The molecule has 2 amide bonds. The van der Waals surface area contributed by atoms with Crippen molar-refractivity contribution < 1.29 is 14.7 Å². The number of primary amides is 1. The van der Waals surface area contributed by atoms with E-state index in [9.17, 15) is 9.59 Å². The number of amides is 2. The molecule has 1 unspecified atom stereocenters. The van der Waals surface area contributed by atoms with Crippen molar-refractivity contribution in [2.75, 3.05) is 32.8 Å². The van der Waals surface area contributed by atoms with Gasteiger partial charge in [-0.25, -0.2) is 0 Å². The fraction of sp³-hybridized carbons (Fsp3) is 0.778. The largest absolute Gasteiger partial charge is 0.395 e. The van der Waals surface area contributed by atoms with Gasteiger partial charge in [-0.2, -0.15) is 0 Å². The number of likely N-dealkylation sites (tertiary alicyclic amines) is 1. The minimum atomic E-state index is -0.408. The predicted octanol–water partition coefficient (Wildman–Crippen LogP) is -2.10. The number of aliphatic hydroxyl groups excluding tert-OH is 1. The third-order valence-electron chi connectivity index (χ3n) is 2.46. The molecule has 4 N–H and O–H groups in total. The van der Waals surface area contributed by atoms with Gasteiger partial charge in [-0.05, 0) is 0 Å². The number of carbonyl (C=O) groups excluding carboxylic acids is 2. The fourth-order valence-corrected chi connectivity index (χ4v) is 1.60. The lowest BCUT2D eigenvalue weighted by Crippen LogP contribution is -2.35. The first kappa shape index (κ1) is 11.9. The third kappa shape index (κ3) is 3.49. The average Bonchev–Trinajstić information content (AvgIpc) is 2.55. The molecule has 6 heteroatoms. The van der Waals surface area contributed by atoms with Gasteiger partial charge in [-0.1, -0.05) is 0 Å². The van der Waals surface area contributed by atoms with E-state index in [0.29, 0.717) is 26.2 Å². The summed E-state index contributed by atoms with van der Waals surface area (Å²) in [7, 11) is 0. The molecular formula is C9H17N3O3. The summed E-state index contributed by atoms with van der Waals surface area (Å²) in [5.74, 6) is -0.769. The molecule has 0 aromatic heterocycles. The maximum absolute atomic E-state index is 11.4. The molecule has 0 aliphatic carbocycles. The number of nitrogens with zero attached hydrogens (tertiary/aromatic N) is 1. The van der Waals surface area contributed by atoms with Gasteiger partial charge in [0.15, 0.2) is 0 Å². The van der Waals surface area contributed by atoms with Gasteiger partial charge in [0.1, 0.15) is 0 Å². The number of carbonyl (C=O) groups is 2. The van der Waals surface area contributed by atoms with E-state index in [0.717, 1.165) is 0 Å². The van der Waals surface area contributed by atoms with E-state index in [1.54, 1.807) is 4.90 Å². The minimum Gasteiger partial charge on any atom is -0.395 e. The maximum Gasteiger partial charge on any atom is 0.223 e. The van der Waals surface area contributed by atoms with Crippen LogP contribution in [0, 0.1) is 5.92 Å². The van der Waals surface area contributed by atoms with E-state index < -0.39 is 5.91 Å². The Hall–Kier alpha value is -1.14. The minimum absolute atomic E-state index is 0.0235. The Bertz CT molecular complexity index is 245. The smallest absolute Gasteiger partial charge is 0.223 e. The molecule has 1 saturated heterocycles. The van der Waals surface area contributed by atoms with Crippen LogP contribution in [0.3, 0.4) is 0 Å². The molecule has 86 valence electrons. The molecule has 1 rings (SSSR count). The highest BCUT2D eigenvalue weighted by molar-refractivity contribution is 5.88. The van der Waals surface area contributed by atoms with E-state index in [-0.39, 0.29) is 24.9 Å². The van der Waals surface area contributed by atoms with Crippen molar-refractivity contribution in [3.05, 3.63) is 0 Å². The normalized spacial score (nSPS) is 21.0. The Morgan fingerprint density at radius 3 is 2.87 bits per heavy atom.